The summed E-state index contributed by atoms with van der Waals surface area (Å²) in [6.45, 7) is 3.57. The summed E-state index contributed by atoms with van der Waals surface area (Å²) >= 11 is 6.00. The van der Waals surface area contributed by atoms with Crippen molar-refractivity contribution in [2.24, 2.45) is 5.92 Å². The van der Waals surface area contributed by atoms with E-state index in [0.29, 0.717) is 36.3 Å². The molecule has 0 spiro atoms. The van der Waals surface area contributed by atoms with Crippen LogP contribution in [0.3, 0.4) is 0 Å². The zero-order chi connectivity index (χ0) is 26.7. The second-order valence-corrected chi connectivity index (χ2v) is 9.78. The lowest BCUT2D eigenvalue weighted by atomic mass is 9.97. The fraction of sp³-hybridized carbons (Fsp3) is 0.300. The van der Waals surface area contributed by atoms with Crippen LogP contribution in [0.2, 0.25) is 5.02 Å². The van der Waals surface area contributed by atoms with Gasteiger partial charge >= 0.3 is 5.97 Å². The first-order valence-electron chi connectivity index (χ1n) is 12.7. The minimum atomic E-state index is -0.879. The van der Waals surface area contributed by atoms with Crippen LogP contribution in [-0.4, -0.2) is 65.0 Å². The molecule has 1 unspecified atom stereocenters. The van der Waals surface area contributed by atoms with E-state index in [1.807, 2.05) is 54.7 Å². The molecule has 1 saturated heterocycles. The SMILES string of the molecule is O=C(O)c1ccccc1.OC(COc1cccc2[nH]ccc12)CN1CCC(COc2cccc(Cl)c2)CC1. The molecule has 1 fully saturated rings. The van der Waals surface area contributed by atoms with Crippen LogP contribution in [0.25, 0.3) is 10.9 Å². The van der Waals surface area contributed by atoms with E-state index in [4.69, 9.17) is 26.2 Å². The third-order valence-electron chi connectivity index (χ3n) is 6.46. The van der Waals surface area contributed by atoms with Gasteiger partial charge < -0.3 is 29.6 Å². The molecular weight excluding hydrogens is 504 g/mol. The molecule has 0 saturated carbocycles. The standard InChI is InChI=1S/C23H27ClN2O3.C7H6O2/c24-18-3-1-4-20(13-18)28-15-17-8-11-26(12-9-17)14-19(27)16-29-23-6-2-5-22-21(23)7-10-25-22;8-7(9)6-4-2-1-3-5-6/h1-7,10,13,17,19,25,27H,8-9,11-12,14-16H2;1-5H,(H,8,9). The summed E-state index contributed by atoms with van der Waals surface area (Å²) in [6, 6.07) is 23.7. The molecule has 1 atom stereocenters. The quantitative estimate of drug-likeness (QED) is 0.252. The van der Waals surface area contributed by atoms with Gasteiger partial charge in [0.2, 0.25) is 0 Å². The van der Waals surface area contributed by atoms with E-state index in [1.165, 1.54) is 0 Å². The number of carboxylic acid groups (broad SMARTS) is 1. The number of rotatable bonds is 9. The molecule has 7 nitrogen and oxygen atoms in total. The van der Waals surface area contributed by atoms with Crippen molar-refractivity contribution < 1.29 is 24.5 Å². The number of benzene rings is 3. The molecule has 0 bridgehead atoms. The van der Waals surface area contributed by atoms with E-state index in [1.54, 1.807) is 30.3 Å². The van der Waals surface area contributed by atoms with E-state index >= 15 is 0 Å². The third-order valence-corrected chi connectivity index (χ3v) is 6.70. The summed E-state index contributed by atoms with van der Waals surface area (Å²) in [5, 5.41) is 20.5. The number of aliphatic hydroxyl groups is 1. The maximum atomic E-state index is 10.4. The summed E-state index contributed by atoms with van der Waals surface area (Å²) in [5.74, 6) is 1.28. The number of aromatic carboxylic acids is 1. The highest BCUT2D eigenvalue weighted by Gasteiger charge is 2.22. The number of halogens is 1. The number of likely N-dealkylation sites (tertiary alicyclic amines) is 1. The van der Waals surface area contributed by atoms with Gasteiger partial charge in [0, 0.05) is 28.7 Å². The number of carbonyl (C=O) groups is 1. The lowest BCUT2D eigenvalue weighted by Crippen LogP contribution is -2.41. The monoisotopic (exact) mass is 536 g/mol. The number of aromatic nitrogens is 1. The summed E-state index contributed by atoms with van der Waals surface area (Å²) in [5.41, 5.74) is 1.37. The Hall–Kier alpha value is -3.52. The van der Waals surface area contributed by atoms with E-state index in [0.717, 1.165) is 48.3 Å². The van der Waals surface area contributed by atoms with Crippen LogP contribution in [0.1, 0.15) is 23.2 Å². The van der Waals surface area contributed by atoms with Crippen molar-refractivity contribution in [2.75, 3.05) is 32.8 Å². The molecule has 4 aromatic rings. The van der Waals surface area contributed by atoms with E-state index in [2.05, 4.69) is 9.88 Å². The number of hydrogen-bond donors (Lipinski definition) is 3. The second kappa shape index (κ2) is 13.9. The van der Waals surface area contributed by atoms with Crippen LogP contribution in [-0.2, 0) is 0 Å². The molecule has 1 aliphatic rings. The Bertz CT molecular complexity index is 1290. The van der Waals surface area contributed by atoms with Gasteiger partial charge in [-0.25, -0.2) is 4.79 Å². The Morgan fingerprint density at radius 3 is 2.47 bits per heavy atom. The fourth-order valence-corrected chi connectivity index (χ4v) is 4.59. The van der Waals surface area contributed by atoms with Crippen molar-refractivity contribution in [1.82, 2.24) is 9.88 Å². The minimum absolute atomic E-state index is 0.294. The van der Waals surface area contributed by atoms with E-state index in [-0.39, 0.29) is 0 Å². The number of aliphatic hydroxyl groups excluding tert-OH is 1. The number of carboxylic acids is 1. The molecule has 5 rings (SSSR count). The van der Waals surface area contributed by atoms with Gasteiger partial charge in [-0.2, -0.15) is 0 Å². The summed E-state index contributed by atoms with van der Waals surface area (Å²) < 4.78 is 11.8. The summed E-state index contributed by atoms with van der Waals surface area (Å²) in [7, 11) is 0. The molecule has 8 heteroatoms. The number of fused-ring (bicyclic) bond motifs is 1. The van der Waals surface area contributed by atoms with Gasteiger partial charge in [-0.05, 0) is 80.4 Å². The molecule has 38 heavy (non-hydrogen) atoms. The van der Waals surface area contributed by atoms with Crippen LogP contribution in [0, 0.1) is 5.92 Å². The van der Waals surface area contributed by atoms with Crippen molar-refractivity contribution in [3.05, 3.63) is 95.6 Å². The maximum absolute atomic E-state index is 10.4. The number of aromatic amines is 1. The molecule has 0 radical (unpaired) electrons. The van der Waals surface area contributed by atoms with Crippen molar-refractivity contribution in [3.8, 4) is 11.5 Å². The third kappa shape index (κ3) is 8.25. The number of H-pyrrole nitrogens is 1. The summed E-state index contributed by atoms with van der Waals surface area (Å²) in [4.78, 5) is 15.7. The topological polar surface area (TPSA) is 95.0 Å². The first-order valence-corrected chi connectivity index (χ1v) is 13.1. The van der Waals surface area contributed by atoms with E-state index < -0.39 is 12.1 Å². The van der Waals surface area contributed by atoms with Crippen LogP contribution >= 0.6 is 11.6 Å². The molecular formula is C30H33ClN2O5. The molecule has 200 valence electrons. The van der Waals surface area contributed by atoms with Crippen LogP contribution < -0.4 is 9.47 Å². The van der Waals surface area contributed by atoms with Gasteiger partial charge in [0.25, 0.3) is 0 Å². The van der Waals surface area contributed by atoms with Crippen LogP contribution in [0.4, 0.5) is 0 Å². The van der Waals surface area contributed by atoms with Gasteiger partial charge in [0.05, 0.1) is 12.2 Å². The maximum Gasteiger partial charge on any atom is 0.335 e. The largest absolute Gasteiger partial charge is 0.493 e. The van der Waals surface area contributed by atoms with Gasteiger partial charge in [-0.3, -0.25) is 0 Å². The number of β-amino-alcohol motifs (C(OH)–C–C–N with tert-alkyl or cyclic N) is 1. The van der Waals surface area contributed by atoms with Crippen LogP contribution in [0.5, 0.6) is 11.5 Å². The number of hydrogen-bond acceptors (Lipinski definition) is 5. The zero-order valence-corrected chi connectivity index (χ0v) is 21.9. The van der Waals surface area contributed by atoms with Crippen LogP contribution in [0.15, 0.2) is 85.1 Å². The normalized spacial score (nSPS) is 14.9. The smallest absolute Gasteiger partial charge is 0.335 e. The summed E-state index contributed by atoms with van der Waals surface area (Å²) in [6.07, 6.45) is 3.52. The Labute approximate surface area is 227 Å². The Balaban J connectivity index is 0.000000317. The predicted molar refractivity (Wildman–Crippen MR) is 149 cm³/mol. The molecule has 1 aromatic heterocycles. The lowest BCUT2D eigenvalue weighted by molar-refractivity contribution is 0.0507. The fourth-order valence-electron chi connectivity index (χ4n) is 4.41. The number of nitrogens with zero attached hydrogens (tertiary/aromatic N) is 1. The van der Waals surface area contributed by atoms with Crippen molar-refractivity contribution in [2.45, 2.75) is 18.9 Å². The van der Waals surface area contributed by atoms with Gasteiger partial charge in [0.15, 0.2) is 0 Å². The average Bonchev–Trinajstić information content (AvgIpc) is 3.42. The van der Waals surface area contributed by atoms with Crippen molar-refractivity contribution in [3.63, 3.8) is 0 Å². The Morgan fingerprint density at radius 1 is 1.00 bits per heavy atom. The lowest BCUT2D eigenvalue weighted by Gasteiger charge is -2.33. The Morgan fingerprint density at radius 2 is 1.76 bits per heavy atom. The zero-order valence-electron chi connectivity index (χ0n) is 21.1. The number of piperidine rings is 1. The highest BCUT2D eigenvalue weighted by molar-refractivity contribution is 6.30. The first kappa shape index (κ1) is 27.5. The second-order valence-electron chi connectivity index (χ2n) is 9.34. The molecule has 3 aromatic carbocycles. The van der Waals surface area contributed by atoms with Crippen molar-refractivity contribution in [1.29, 1.82) is 0 Å². The minimum Gasteiger partial charge on any atom is -0.493 e. The molecule has 1 aliphatic heterocycles. The average molecular weight is 537 g/mol. The highest BCUT2D eigenvalue weighted by atomic mass is 35.5. The number of ether oxygens (including phenoxy) is 2. The highest BCUT2D eigenvalue weighted by Crippen LogP contribution is 2.25. The molecule has 0 amide bonds. The van der Waals surface area contributed by atoms with Crippen molar-refractivity contribution >= 4 is 28.5 Å². The molecule has 3 N–H and O–H groups in total. The molecule has 0 aliphatic carbocycles. The first-order chi connectivity index (χ1) is 18.5. The number of nitrogens with one attached hydrogen (secondary N) is 1. The van der Waals surface area contributed by atoms with Gasteiger partial charge in [-0.1, -0.05) is 41.9 Å². The predicted octanol–water partition coefficient (Wildman–Crippen LogP) is 5.74. The van der Waals surface area contributed by atoms with E-state index in [9.17, 15) is 9.90 Å². The van der Waals surface area contributed by atoms with Gasteiger partial charge in [0.1, 0.15) is 24.2 Å². The Kier molecular flexibility index (Phi) is 10.0. The van der Waals surface area contributed by atoms with Gasteiger partial charge in [-0.15, -0.1) is 0 Å². The molecule has 2 heterocycles.